The molecular formula is C22H24FN5O2. The van der Waals surface area contributed by atoms with E-state index in [2.05, 4.69) is 11.4 Å². The number of pyridine rings is 1. The highest BCUT2D eigenvalue weighted by Crippen LogP contribution is 2.38. The molecule has 0 aliphatic carbocycles. The van der Waals surface area contributed by atoms with Gasteiger partial charge in [0.15, 0.2) is 17.2 Å². The second-order valence-electron chi connectivity index (χ2n) is 7.75. The molecule has 1 aromatic carbocycles. The van der Waals surface area contributed by atoms with Crippen LogP contribution in [-0.4, -0.2) is 33.9 Å². The lowest BCUT2D eigenvalue weighted by Crippen LogP contribution is -2.34. The van der Waals surface area contributed by atoms with Crippen LogP contribution in [0.3, 0.4) is 0 Å². The highest BCUT2D eigenvalue weighted by Gasteiger charge is 2.24. The van der Waals surface area contributed by atoms with Crippen molar-refractivity contribution in [1.29, 1.82) is 5.26 Å². The summed E-state index contributed by atoms with van der Waals surface area (Å²) in [7, 11) is 0. The molecule has 1 aliphatic rings. The first kappa shape index (κ1) is 20.0. The van der Waals surface area contributed by atoms with Gasteiger partial charge in [-0.25, -0.2) is 4.39 Å². The maximum Gasteiger partial charge on any atom is 0.218 e. The van der Waals surface area contributed by atoms with Crippen LogP contribution in [0.25, 0.3) is 16.7 Å². The Morgan fingerprint density at radius 1 is 1.27 bits per heavy atom. The quantitative estimate of drug-likeness (QED) is 0.612. The van der Waals surface area contributed by atoms with Gasteiger partial charge in [-0.3, -0.25) is 4.57 Å². The Morgan fingerprint density at radius 2 is 1.97 bits per heavy atom. The molecule has 0 radical (unpaired) electrons. The number of anilines is 1. The molecule has 3 aromatic rings. The standard InChI is InChI=1S/C22H24FN5O2/c1-11-9-17(23)19(29)13(3)18(11)28-20(25)16(10-24)15-8-12(2)22(27-21(15)28)30-14-4-6-26-7-5-14/h8-9,14,26,29H,4-7,25H2,1-3H3. The average molecular weight is 409 g/mol. The molecule has 4 N–H and O–H groups in total. The van der Waals surface area contributed by atoms with E-state index in [9.17, 15) is 14.8 Å². The summed E-state index contributed by atoms with van der Waals surface area (Å²) in [5, 5.41) is 23.8. The number of halogens is 1. The van der Waals surface area contributed by atoms with Gasteiger partial charge in [-0.1, -0.05) is 0 Å². The third-order valence-corrected chi connectivity index (χ3v) is 5.68. The molecule has 0 spiro atoms. The Bertz CT molecular complexity index is 1190. The summed E-state index contributed by atoms with van der Waals surface area (Å²) in [4.78, 5) is 4.72. The molecule has 1 aliphatic heterocycles. The molecule has 1 saturated heterocycles. The topological polar surface area (TPSA) is 109 Å². The summed E-state index contributed by atoms with van der Waals surface area (Å²) in [5.41, 5.74) is 9.28. The van der Waals surface area contributed by atoms with E-state index in [0.717, 1.165) is 31.5 Å². The van der Waals surface area contributed by atoms with E-state index in [1.807, 2.05) is 13.0 Å². The molecule has 3 heterocycles. The fourth-order valence-corrected chi connectivity index (χ4v) is 4.10. The third kappa shape index (κ3) is 3.12. The number of aromatic hydroxyl groups is 1. The minimum absolute atomic E-state index is 0.0597. The van der Waals surface area contributed by atoms with Crippen molar-refractivity contribution in [3.63, 3.8) is 0 Å². The van der Waals surface area contributed by atoms with Gasteiger partial charge in [-0.2, -0.15) is 10.2 Å². The van der Waals surface area contributed by atoms with Crippen molar-refractivity contribution in [2.24, 2.45) is 0 Å². The number of benzene rings is 1. The Morgan fingerprint density at radius 3 is 2.63 bits per heavy atom. The number of ether oxygens (including phenoxy) is 1. The van der Waals surface area contributed by atoms with E-state index in [4.69, 9.17) is 15.5 Å². The highest BCUT2D eigenvalue weighted by molar-refractivity contribution is 5.92. The van der Waals surface area contributed by atoms with Gasteiger partial charge in [0.05, 0.1) is 5.69 Å². The Kier molecular flexibility index (Phi) is 5.00. The summed E-state index contributed by atoms with van der Waals surface area (Å²) in [5.74, 6) is -0.480. The maximum atomic E-state index is 14.0. The van der Waals surface area contributed by atoms with Gasteiger partial charge >= 0.3 is 0 Å². The number of nitrogens with two attached hydrogens (primary N) is 1. The van der Waals surface area contributed by atoms with Crippen molar-refractivity contribution in [1.82, 2.24) is 14.9 Å². The van der Waals surface area contributed by atoms with Gasteiger partial charge in [0.2, 0.25) is 5.88 Å². The molecule has 0 unspecified atom stereocenters. The normalized spacial score (nSPS) is 14.8. The van der Waals surface area contributed by atoms with Gasteiger partial charge in [-0.15, -0.1) is 0 Å². The molecule has 0 atom stereocenters. The monoisotopic (exact) mass is 409 g/mol. The number of nitrogens with zero attached hydrogens (tertiary/aromatic N) is 3. The van der Waals surface area contributed by atoms with E-state index in [0.29, 0.717) is 33.7 Å². The summed E-state index contributed by atoms with van der Waals surface area (Å²) >= 11 is 0. The lowest BCUT2D eigenvalue weighted by atomic mass is 10.1. The number of phenolic OH excluding ortho intramolecular Hbond substituents is 1. The number of nitrogens with one attached hydrogen (secondary N) is 1. The lowest BCUT2D eigenvalue weighted by molar-refractivity contribution is 0.155. The van der Waals surface area contributed by atoms with Crippen molar-refractivity contribution in [2.75, 3.05) is 18.8 Å². The fraction of sp³-hybridized carbons (Fsp3) is 0.364. The predicted molar refractivity (Wildman–Crippen MR) is 113 cm³/mol. The molecule has 0 bridgehead atoms. The first-order valence-electron chi connectivity index (χ1n) is 9.91. The second kappa shape index (κ2) is 7.50. The number of aryl methyl sites for hydroxylation is 2. The van der Waals surface area contributed by atoms with Crippen LogP contribution in [0, 0.1) is 37.9 Å². The van der Waals surface area contributed by atoms with Crippen LogP contribution in [0.1, 0.15) is 35.1 Å². The zero-order valence-corrected chi connectivity index (χ0v) is 17.2. The first-order chi connectivity index (χ1) is 14.3. The van der Waals surface area contributed by atoms with Gasteiger partial charge in [0.25, 0.3) is 0 Å². The number of piperidine rings is 1. The number of nitrogen functional groups attached to an aromatic ring is 1. The maximum absolute atomic E-state index is 14.0. The molecule has 7 nitrogen and oxygen atoms in total. The van der Waals surface area contributed by atoms with Crippen molar-refractivity contribution in [3.05, 3.63) is 40.2 Å². The van der Waals surface area contributed by atoms with Crippen molar-refractivity contribution >= 4 is 16.9 Å². The summed E-state index contributed by atoms with van der Waals surface area (Å²) in [6, 6.07) is 5.24. The Hall–Kier alpha value is -3.31. The van der Waals surface area contributed by atoms with Crippen LogP contribution in [-0.2, 0) is 0 Å². The second-order valence-corrected chi connectivity index (χ2v) is 7.75. The molecule has 8 heteroatoms. The molecule has 4 rings (SSSR count). The van der Waals surface area contributed by atoms with Crippen LogP contribution in [0.4, 0.5) is 10.2 Å². The lowest BCUT2D eigenvalue weighted by Gasteiger charge is -2.24. The van der Waals surface area contributed by atoms with Crippen LogP contribution >= 0.6 is 0 Å². The van der Waals surface area contributed by atoms with E-state index >= 15 is 0 Å². The number of aromatic nitrogens is 2. The number of rotatable bonds is 3. The molecule has 156 valence electrons. The van der Waals surface area contributed by atoms with E-state index in [1.54, 1.807) is 18.4 Å². The number of nitriles is 1. The van der Waals surface area contributed by atoms with Crippen LogP contribution in [0.15, 0.2) is 12.1 Å². The van der Waals surface area contributed by atoms with Crippen LogP contribution in [0.5, 0.6) is 11.6 Å². The zero-order chi connectivity index (χ0) is 21.6. The fourth-order valence-electron chi connectivity index (χ4n) is 4.10. The summed E-state index contributed by atoms with van der Waals surface area (Å²) in [6.45, 7) is 7.00. The van der Waals surface area contributed by atoms with Gasteiger partial charge in [0, 0.05) is 16.5 Å². The third-order valence-electron chi connectivity index (χ3n) is 5.68. The number of hydrogen-bond donors (Lipinski definition) is 3. The van der Waals surface area contributed by atoms with Gasteiger partial charge in [-0.05, 0) is 64.4 Å². The molecular weight excluding hydrogens is 385 g/mol. The average Bonchev–Trinajstić information content (AvgIpc) is 2.98. The molecule has 0 saturated carbocycles. The smallest absolute Gasteiger partial charge is 0.218 e. The minimum atomic E-state index is -0.706. The molecule has 1 fully saturated rings. The Labute approximate surface area is 173 Å². The molecule has 0 amide bonds. The minimum Gasteiger partial charge on any atom is -0.505 e. The van der Waals surface area contributed by atoms with Crippen LogP contribution in [0.2, 0.25) is 0 Å². The summed E-state index contributed by atoms with van der Waals surface area (Å²) < 4.78 is 21.8. The van der Waals surface area contributed by atoms with E-state index in [1.165, 1.54) is 6.07 Å². The van der Waals surface area contributed by atoms with Crippen molar-refractivity contribution in [2.45, 2.75) is 39.7 Å². The zero-order valence-electron chi connectivity index (χ0n) is 17.2. The first-order valence-corrected chi connectivity index (χ1v) is 9.91. The number of phenols is 1. The van der Waals surface area contributed by atoms with E-state index in [-0.39, 0.29) is 17.5 Å². The number of fused-ring (bicyclic) bond motifs is 1. The highest BCUT2D eigenvalue weighted by atomic mass is 19.1. The van der Waals surface area contributed by atoms with Gasteiger partial charge < -0.3 is 20.9 Å². The van der Waals surface area contributed by atoms with Crippen LogP contribution < -0.4 is 15.8 Å². The largest absolute Gasteiger partial charge is 0.505 e. The van der Waals surface area contributed by atoms with Crippen molar-refractivity contribution < 1.29 is 14.2 Å². The molecule has 2 aromatic heterocycles. The SMILES string of the molecule is Cc1cc2c(C#N)c(N)n(-c3c(C)cc(F)c(O)c3C)c2nc1OC1CCNCC1. The van der Waals surface area contributed by atoms with Crippen molar-refractivity contribution in [3.8, 4) is 23.4 Å². The van der Waals surface area contributed by atoms with E-state index < -0.39 is 11.6 Å². The predicted octanol–water partition coefficient (Wildman–Crippen LogP) is 3.38. The summed E-state index contributed by atoms with van der Waals surface area (Å²) in [6.07, 6.45) is 1.83. The number of hydrogen-bond acceptors (Lipinski definition) is 6. The Balaban J connectivity index is 1.96. The molecule has 30 heavy (non-hydrogen) atoms. The van der Waals surface area contributed by atoms with Gasteiger partial charge in [0.1, 0.15) is 23.6 Å².